The van der Waals surface area contributed by atoms with E-state index < -0.39 is 20.4 Å². The average Bonchev–Trinajstić information content (AvgIpc) is 1.67. The monoisotopic (exact) mass is 135 g/mol. The highest BCUT2D eigenvalue weighted by molar-refractivity contribution is 7.18. The Morgan fingerprint density at radius 3 is 2.12 bits per heavy atom. The molecule has 0 spiro atoms. The maximum atomic E-state index is 9.98. The van der Waals surface area contributed by atoms with Gasteiger partial charge < -0.3 is 0 Å². The molecule has 0 aromatic heterocycles. The molecule has 4 nitrogen and oxygen atoms in total. The molecule has 0 fully saturated rings. The summed E-state index contributed by atoms with van der Waals surface area (Å²) in [7, 11) is -1.19. The molecule has 0 aromatic carbocycles. The van der Waals surface area contributed by atoms with Crippen LogP contribution in [0.3, 0.4) is 0 Å². The lowest BCUT2D eigenvalue weighted by atomic mass is 10.5. The second-order valence-corrected chi connectivity index (χ2v) is 1.40. The third-order valence-electron chi connectivity index (χ3n) is 0.422. The zero-order valence-electron chi connectivity index (χ0n) is 4.13. The number of Topliss-reactive ketones (excluding diaryl/α,β-unsaturated/α-hetero) is 1. The van der Waals surface area contributed by atoms with Crippen molar-refractivity contribution < 1.29 is 18.7 Å². The largest absolute Gasteiger partial charge is 0.545 e. The molecule has 0 heterocycles. The van der Waals surface area contributed by atoms with E-state index in [9.17, 15) is 14.2 Å². The highest BCUT2D eigenvalue weighted by Crippen LogP contribution is 1.94. The predicted molar refractivity (Wildman–Crippen MR) is 25.8 cm³/mol. The summed E-state index contributed by atoms with van der Waals surface area (Å²) in [5.74, 6) is -1.80. The highest BCUT2D eigenvalue weighted by Gasteiger charge is 2.12. The summed E-state index contributed by atoms with van der Waals surface area (Å²) >= 11 is 0. The molecule has 0 saturated carbocycles. The fourth-order valence-corrected chi connectivity index (χ4v) is 0.329. The number of carbonyl (C=O) groups excluding carboxylic acids is 2. The Hall–Kier alpha value is -0.760. The minimum absolute atomic E-state index is 0.742. The van der Waals surface area contributed by atoms with Gasteiger partial charge in [0.15, 0.2) is 0 Å². The summed E-state index contributed by atoms with van der Waals surface area (Å²) in [6, 6.07) is 0. The molecule has 5 heteroatoms. The van der Waals surface area contributed by atoms with Gasteiger partial charge in [0, 0.05) is 6.92 Å². The number of hydrogen-bond acceptors (Lipinski definition) is 4. The van der Waals surface area contributed by atoms with E-state index >= 15 is 0 Å². The van der Waals surface area contributed by atoms with Gasteiger partial charge in [-0.1, -0.05) is 0 Å². The molecule has 0 saturated heterocycles. The molecule has 0 aliphatic carbocycles. The molecule has 1 atom stereocenters. The Labute approximate surface area is 47.1 Å². The highest BCUT2D eigenvalue weighted by atomic mass is 31.1. The van der Waals surface area contributed by atoms with Crippen LogP contribution in [-0.4, -0.2) is 11.8 Å². The van der Waals surface area contributed by atoms with Gasteiger partial charge in [-0.2, -0.15) is 0 Å². The van der Waals surface area contributed by atoms with Crippen molar-refractivity contribution in [1.82, 2.24) is 0 Å². The first kappa shape index (κ1) is 7.24. The van der Waals surface area contributed by atoms with Gasteiger partial charge >= 0.3 is 14.7 Å². The van der Waals surface area contributed by atoms with Gasteiger partial charge in [-0.05, 0) is 4.57 Å². The first-order valence-corrected chi connectivity index (χ1v) is 2.59. The maximum Gasteiger partial charge on any atom is 0.545 e. The van der Waals surface area contributed by atoms with Crippen LogP contribution in [0.15, 0.2) is 0 Å². The average molecular weight is 135 g/mol. The summed E-state index contributed by atoms with van der Waals surface area (Å²) in [6.45, 7) is 1.04. The van der Waals surface area contributed by atoms with Crippen LogP contribution in [0.4, 0.5) is 0 Å². The number of carbonyl (C=O) groups is 2. The number of hydrogen-bond donors (Lipinski definition) is 0. The van der Waals surface area contributed by atoms with Crippen LogP contribution in [0.1, 0.15) is 6.92 Å². The zero-order valence-corrected chi connectivity index (χ0v) is 5.13. The van der Waals surface area contributed by atoms with Crippen LogP contribution in [0.2, 0.25) is 0 Å². The molecule has 0 aromatic rings. The summed E-state index contributed by atoms with van der Waals surface area (Å²) in [6.07, 6.45) is 0. The normalized spacial score (nSPS) is 8.62. The molecule has 44 valence electrons. The third kappa shape index (κ3) is 2.42. The van der Waals surface area contributed by atoms with Gasteiger partial charge in [-0.3, -0.25) is 4.79 Å². The van der Waals surface area contributed by atoms with Crippen LogP contribution < -0.4 is 0 Å². The fourth-order valence-electron chi connectivity index (χ4n) is 0.110. The minimum atomic E-state index is -1.19. The van der Waals surface area contributed by atoms with Crippen LogP contribution in [0.25, 0.3) is 0 Å². The standard InChI is InChI=1S/C3H4O4P/c1-2(4)3(5)7-8-6/h8H,1H3/q+1. The predicted octanol–water partition coefficient (Wildman–Crippen LogP) is 0.0576. The molecule has 0 rings (SSSR count). The minimum Gasteiger partial charge on any atom is -0.287 e. The topological polar surface area (TPSA) is 60.4 Å². The van der Waals surface area contributed by atoms with E-state index in [0.29, 0.717) is 0 Å². The van der Waals surface area contributed by atoms with Crippen LogP contribution in [0.5, 0.6) is 0 Å². The zero-order chi connectivity index (χ0) is 6.57. The Bertz CT molecular complexity index is 129. The molecule has 1 unspecified atom stereocenters. The number of ketones is 1. The SMILES string of the molecule is CC(=O)C(=O)O[PH+]=O. The summed E-state index contributed by atoms with van der Waals surface area (Å²) < 4.78 is 13.3. The summed E-state index contributed by atoms with van der Waals surface area (Å²) in [4.78, 5) is 19.9. The van der Waals surface area contributed by atoms with E-state index in [1.54, 1.807) is 0 Å². The van der Waals surface area contributed by atoms with Crippen LogP contribution >= 0.6 is 8.69 Å². The van der Waals surface area contributed by atoms with Crippen molar-refractivity contribution >= 4 is 20.4 Å². The molecule has 0 radical (unpaired) electrons. The van der Waals surface area contributed by atoms with Gasteiger partial charge in [-0.15, -0.1) is 0 Å². The molecular formula is C3H4O4P+. The van der Waals surface area contributed by atoms with E-state index in [2.05, 4.69) is 4.52 Å². The Kier molecular flexibility index (Phi) is 2.96. The maximum absolute atomic E-state index is 9.98. The van der Waals surface area contributed by atoms with Gasteiger partial charge in [0.25, 0.3) is 0 Å². The number of rotatable bonds is 2. The molecule has 0 bridgehead atoms. The Balaban J connectivity index is 3.65. The van der Waals surface area contributed by atoms with Crippen molar-refractivity contribution in [3.8, 4) is 0 Å². The third-order valence-corrected chi connectivity index (χ3v) is 0.691. The molecule has 8 heavy (non-hydrogen) atoms. The molecule has 0 aliphatic rings. The summed E-state index contributed by atoms with van der Waals surface area (Å²) in [5, 5.41) is 0. The lowest BCUT2D eigenvalue weighted by molar-refractivity contribution is -0.145. The van der Waals surface area contributed by atoms with E-state index in [1.807, 2.05) is 0 Å². The van der Waals surface area contributed by atoms with E-state index in [0.717, 1.165) is 6.92 Å². The van der Waals surface area contributed by atoms with Crippen molar-refractivity contribution in [3.05, 3.63) is 0 Å². The lowest BCUT2D eigenvalue weighted by Gasteiger charge is -1.76. The second-order valence-electron chi connectivity index (χ2n) is 1.03. The molecular weight excluding hydrogens is 131 g/mol. The van der Waals surface area contributed by atoms with Crippen molar-refractivity contribution in [2.75, 3.05) is 0 Å². The fraction of sp³-hybridized carbons (Fsp3) is 0.333. The molecule has 0 N–H and O–H groups in total. The van der Waals surface area contributed by atoms with Gasteiger partial charge in [0.05, 0.1) is 0 Å². The molecule has 0 aliphatic heterocycles. The first-order chi connectivity index (χ1) is 3.68. The lowest BCUT2D eigenvalue weighted by Crippen LogP contribution is -2.07. The molecule has 0 amide bonds. The summed E-state index contributed by atoms with van der Waals surface area (Å²) in [5.41, 5.74) is 0. The van der Waals surface area contributed by atoms with Crippen molar-refractivity contribution in [2.24, 2.45) is 0 Å². The first-order valence-electron chi connectivity index (χ1n) is 1.77. The van der Waals surface area contributed by atoms with Crippen LogP contribution in [0, 0.1) is 0 Å². The van der Waals surface area contributed by atoms with Crippen molar-refractivity contribution in [3.63, 3.8) is 0 Å². The van der Waals surface area contributed by atoms with Crippen molar-refractivity contribution in [2.45, 2.75) is 6.92 Å². The quantitative estimate of drug-likeness (QED) is 0.396. The van der Waals surface area contributed by atoms with Gasteiger partial charge in [0.2, 0.25) is 5.78 Å². The second kappa shape index (κ2) is 3.27. The van der Waals surface area contributed by atoms with Crippen LogP contribution in [-0.2, 0) is 18.7 Å². The van der Waals surface area contributed by atoms with E-state index in [4.69, 9.17) is 0 Å². The van der Waals surface area contributed by atoms with Crippen molar-refractivity contribution in [1.29, 1.82) is 0 Å². The van der Waals surface area contributed by atoms with E-state index in [1.165, 1.54) is 0 Å². The van der Waals surface area contributed by atoms with Gasteiger partial charge in [-0.25, -0.2) is 9.32 Å². The van der Waals surface area contributed by atoms with E-state index in [-0.39, 0.29) is 0 Å². The smallest absolute Gasteiger partial charge is 0.287 e. The Morgan fingerprint density at radius 1 is 1.50 bits per heavy atom. The van der Waals surface area contributed by atoms with Gasteiger partial charge in [0.1, 0.15) is 0 Å². The Morgan fingerprint density at radius 2 is 2.00 bits per heavy atom.